The monoisotopic (exact) mass is 656 g/mol. The zero-order valence-electron chi connectivity index (χ0n) is 30.8. The summed E-state index contributed by atoms with van der Waals surface area (Å²) >= 11 is 0. The standard InChI is InChI=1S/C38H73NO7/c1-6-8-10-12-14-16-18-19-21-22-24-26-28-36(40)45-33-34(32-44-31-30-35(38(42)43)39(3,4)5)46-37(41)29-27-25-23-20-17-15-13-11-9-7-2/h34-35H,6-33H2,1-5H3. The highest BCUT2D eigenvalue weighted by Gasteiger charge is 2.25. The van der Waals surface area contributed by atoms with Crippen molar-refractivity contribution in [2.45, 2.75) is 187 Å². The Kier molecular flexibility index (Phi) is 29.5. The number of nitrogens with zero attached hydrogens (tertiary/aromatic N) is 1. The summed E-state index contributed by atoms with van der Waals surface area (Å²) in [6.45, 7) is 4.65. The number of unbranched alkanes of at least 4 members (excludes halogenated alkanes) is 20. The quantitative estimate of drug-likeness (QED) is 0.0392. The zero-order valence-corrected chi connectivity index (χ0v) is 30.8. The third-order valence-electron chi connectivity index (χ3n) is 8.74. The van der Waals surface area contributed by atoms with Gasteiger partial charge in [-0.1, -0.05) is 142 Å². The van der Waals surface area contributed by atoms with Gasteiger partial charge in [0.25, 0.3) is 0 Å². The maximum atomic E-state index is 12.6. The number of likely N-dealkylation sites (N-methyl/N-ethyl adjacent to an activating group) is 1. The summed E-state index contributed by atoms with van der Waals surface area (Å²) in [5.74, 6) is -1.73. The maximum Gasteiger partial charge on any atom is 0.306 e. The van der Waals surface area contributed by atoms with E-state index in [-0.39, 0.29) is 42.7 Å². The Bertz CT molecular complexity index is 737. The summed E-state index contributed by atoms with van der Waals surface area (Å²) in [5, 5.41) is 11.6. The van der Waals surface area contributed by atoms with Gasteiger partial charge in [0.2, 0.25) is 0 Å². The van der Waals surface area contributed by atoms with Crippen molar-refractivity contribution in [3.63, 3.8) is 0 Å². The molecular weight excluding hydrogens is 582 g/mol. The predicted molar refractivity (Wildman–Crippen MR) is 185 cm³/mol. The van der Waals surface area contributed by atoms with E-state index in [4.69, 9.17) is 14.2 Å². The first-order valence-corrected chi connectivity index (χ1v) is 19.1. The van der Waals surface area contributed by atoms with Crippen molar-refractivity contribution >= 4 is 17.9 Å². The van der Waals surface area contributed by atoms with Crippen LogP contribution in [0.3, 0.4) is 0 Å². The molecule has 0 aliphatic carbocycles. The fraction of sp³-hybridized carbons (Fsp3) is 0.921. The number of carbonyl (C=O) groups excluding carboxylic acids is 3. The van der Waals surface area contributed by atoms with Crippen LogP contribution in [0.15, 0.2) is 0 Å². The lowest BCUT2D eigenvalue weighted by Gasteiger charge is -2.34. The van der Waals surface area contributed by atoms with E-state index in [0.717, 1.165) is 38.5 Å². The Morgan fingerprint density at radius 2 is 0.957 bits per heavy atom. The molecule has 0 aliphatic heterocycles. The third kappa shape index (κ3) is 28.5. The second-order valence-electron chi connectivity index (χ2n) is 14.2. The molecule has 0 saturated heterocycles. The van der Waals surface area contributed by atoms with E-state index in [1.54, 1.807) is 21.1 Å². The Morgan fingerprint density at radius 3 is 1.35 bits per heavy atom. The smallest absolute Gasteiger partial charge is 0.306 e. The lowest BCUT2D eigenvalue weighted by molar-refractivity contribution is -0.889. The SMILES string of the molecule is CCCCCCCCCCCCCCC(=O)OCC(COCCC(C(=O)[O-])[N+](C)(C)C)OC(=O)CCCCCCCCCCCC. The van der Waals surface area contributed by atoms with E-state index in [9.17, 15) is 19.5 Å². The van der Waals surface area contributed by atoms with Crippen LogP contribution < -0.4 is 5.11 Å². The van der Waals surface area contributed by atoms with Gasteiger partial charge < -0.3 is 28.6 Å². The van der Waals surface area contributed by atoms with E-state index in [1.807, 2.05) is 0 Å². The number of aliphatic carboxylic acids is 1. The normalized spacial score (nSPS) is 13.0. The fourth-order valence-corrected chi connectivity index (χ4v) is 5.72. The first-order valence-electron chi connectivity index (χ1n) is 19.1. The van der Waals surface area contributed by atoms with E-state index in [2.05, 4.69) is 13.8 Å². The average molecular weight is 656 g/mol. The molecule has 0 spiro atoms. The number of hydrogen-bond donors (Lipinski definition) is 0. The molecule has 272 valence electrons. The molecule has 0 bridgehead atoms. The van der Waals surface area contributed by atoms with Gasteiger partial charge >= 0.3 is 11.9 Å². The van der Waals surface area contributed by atoms with Crippen molar-refractivity contribution in [1.29, 1.82) is 0 Å². The van der Waals surface area contributed by atoms with E-state index < -0.39 is 18.1 Å². The number of carbonyl (C=O) groups is 3. The van der Waals surface area contributed by atoms with Crippen molar-refractivity contribution in [2.24, 2.45) is 0 Å². The second kappa shape index (κ2) is 30.7. The van der Waals surface area contributed by atoms with Crippen LogP contribution in [0.25, 0.3) is 0 Å². The van der Waals surface area contributed by atoms with Crippen LogP contribution in [-0.2, 0) is 28.6 Å². The summed E-state index contributed by atoms with van der Waals surface area (Å²) in [7, 11) is 5.40. The topological polar surface area (TPSA) is 102 Å². The van der Waals surface area contributed by atoms with Crippen LogP contribution in [0.2, 0.25) is 0 Å². The molecule has 8 nitrogen and oxygen atoms in total. The Labute approximate surface area is 283 Å². The number of hydrogen-bond acceptors (Lipinski definition) is 7. The van der Waals surface area contributed by atoms with Crippen molar-refractivity contribution in [3.8, 4) is 0 Å². The van der Waals surface area contributed by atoms with Crippen molar-refractivity contribution in [2.75, 3.05) is 41.0 Å². The van der Waals surface area contributed by atoms with E-state index in [1.165, 1.54) is 103 Å². The Balaban J connectivity index is 4.39. The van der Waals surface area contributed by atoms with Gasteiger partial charge in [0, 0.05) is 19.3 Å². The summed E-state index contributed by atoms with van der Waals surface area (Å²) in [4.78, 5) is 36.6. The van der Waals surface area contributed by atoms with Crippen molar-refractivity contribution < 1.29 is 38.2 Å². The van der Waals surface area contributed by atoms with E-state index in [0.29, 0.717) is 12.8 Å². The van der Waals surface area contributed by atoms with Gasteiger partial charge in [-0.05, 0) is 12.8 Å². The summed E-state index contributed by atoms with van der Waals surface area (Å²) < 4.78 is 17.1. The van der Waals surface area contributed by atoms with Crippen molar-refractivity contribution in [1.82, 2.24) is 0 Å². The molecule has 2 atom stereocenters. The number of rotatable bonds is 34. The Hall–Kier alpha value is -1.67. The second-order valence-corrected chi connectivity index (χ2v) is 14.2. The van der Waals surface area contributed by atoms with Crippen LogP contribution in [0, 0.1) is 0 Å². The van der Waals surface area contributed by atoms with Crippen LogP contribution in [0.1, 0.15) is 174 Å². The van der Waals surface area contributed by atoms with Gasteiger partial charge in [-0.2, -0.15) is 0 Å². The summed E-state index contributed by atoms with van der Waals surface area (Å²) in [6.07, 6.45) is 26.9. The molecule has 0 radical (unpaired) electrons. The van der Waals surface area contributed by atoms with Gasteiger partial charge in [-0.25, -0.2) is 0 Å². The lowest BCUT2D eigenvalue weighted by atomic mass is 10.0. The molecule has 0 aromatic carbocycles. The molecule has 0 aromatic heterocycles. The number of carboxylic acids is 1. The fourth-order valence-electron chi connectivity index (χ4n) is 5.72. The molecule has 8 heteroatoms. The van der Waals surface area contributed by atoms with Crippen molar-refractivity contribution in [3.05, 3.63) is 0 Å². The number of carboxylic acid groups (broad SMARTS) is 1. The highest BCUT2D eigenvalue weighted by molar-refractivity contribution is 5.70. The molecule has 0 rings (SSSR count). The average Bonchev–Trinajstić information content (AvgIpc) is 3.00. The molecule has 0 saturated carbocycles. The van der Waals surface area contributed by atoms with Gasteiger partial charge in [-0.15, -0.1) is 0 Å². The molecule has 0 aromatic rings. The highest BCUT2D eigenvalue weighted by atomic mass is 16.6. The number of esters is 2. The van der Waals surface area contributed by atoms with Gasteiger partial charge in [0.15, 0.2) is 6.10 Å². The van der Waals surface area contributed by atoms with Crippen LogP contribution in [-0.4, -0.2) is 75.5 Å². The minimum Gasteiger partial charge on any atom is -0.544 e. The summed E-state index contributed by atoms with van der Waals surface area (Å²) in [6, 6.07) is -0.717. The molecule has 0 aliphatic rings. The first kappa shape index (κ1) is 44.3. The van der Waals surface area contributed by atoms with Gasteiger partial charge in [0.05, 0.1) is 40.3 Å². The zero-order chi connectivity index (χ0) is 34.3. The largest absolute Gasteiger partial charge is 0.544 e. The lowest BCUT2D eigenvalue weighted by Crippen LogP contribution is -2.55. The van der Waals surface area contributed by atoms with Crippen LogP contribution in [0.5, 0.6) is 0 Å². The van der Waals surface area contributed by atoms with Crippen LogP contribution in [0.4, 0.5) is 0 Å². The predicted octanol–water partition coefficient (Wildman–Crippen LogP) is 8.08. The van der Waals surface area contributed by atoms with Gasteiger partial charge in [0.1, 0.15) is 12.6 Å². The molecule has 0 amide bonds. The van der Waals surface area contributed by atoms with Gasteiger partial charge in [-0.3, -0.25) is 9.59 Å². The minimum atomic E-state index is -1.12. The van der Waals surface area contributed by atoms with E-state index >= 15 is 0 Å². The Morgan fingerprint density at radius 1 is 0.565 bits per heavy atom. The van der Waals surface area contributed by atoms with Crippen LogP contribution >= 0.6 is 0 Å². The highest BCUT2D eigenvalue weighted by Crippen LogP contribution is 2.14. The minimum absolute atomic E-state index is 0.0482. The molecule has 0 fully saturated rings. The first-order chi connectivity index (χ1) is 22.1. The molecule has 2 unspecified atom stereocenters. The third-order valence-corrected chi connectivity index (χ3v) is 8.74. The molecular formula is C38H73NO7. The molecule has 0 N–H and O–H groups in total. The molecule has 0 heterocycles. The maximum absolute atomic E-state index is 12.6. The number of ether oxygens (including phenoxy) is 3. The molecule has 46 heavy (non-hydrogen) atoms. The number of quaternary nitrogens is 1. The summed E-state index contributed by atoms with van der Waals surface area (Å²) in [5.41, 5.74) is 0.